The first-order valence-corrected chi connectivity index (χ1v) is 11.8. The molecule has 0 atom stereocenters. The average Bonchev–Trinajstić information content (AvgIpc) is 2.88. The molecule has 0 radical (unpaired) electrons. The molecule has 35 heavy (non-hydrogen) atoms. The van der Waals surface area contributed by atoms with Gasteiger partial charge in [-0.1, -0.05) is 23.2 Å². The molecule has 182 valence electrons. The topological polar surface area (TPSA) is 71.1 Å². The second kappa shape index (κ2) is 10.9. The predicted molar refractivity (Wildman–Crippen MR) is 139 cm³/mol. The van der Waals surface area contributed by atoms with Crippen molar-refractivity contribution in [3.63, 3.8) is 0 Å². The summed E-state index contributed by atoms with van der Waals surface area (Å²) in [5, 5.41) is 3.82. The van der Waals surface area contributed by atoms with Gasteiger partial charge in [0.15, 0.2) is 0 Å². The van der Waals surface area contributed by atoms with Gasteiger partial charge in [-0.3, -0.25) is 9.59 Å². The molecule has 1 aliphatic heterocycles. The van der Waals surface area contributed by atoms with Crippen molar-refractivity contribution in [1.82, 2.24) is 4.90 Å². The van der Waals surface area contributed by atoms with Crippen LogP contribution in [-0.2, 0) is 0 Å². The third-order valence-electron chi connectivity index (χ3n) is 5.86. The summed E-state index contributed by atoms with van der Waals surface area (Å²) in [5.41, 5.74) is 2.49. The average molecular weight is 514 g/mol. The molecule has 1 saturated heterocycles. The molecule has 0 aromatic heterocycles. The molecule has 0 unspecified atom stereocenters. The standard InChI is InChI=1S/C26H25Cl2N3O4/c1-34-23-9-3-17(27)15-21(23)25(32)29-19-5-7-20(8-6-19)30-11-13-31(14-12-30)26(33)22-16-18(28)4-10-24(22)35-2/h3-10,15-16H,11-14H2,1-2H3,(H,29,32). The number of benzene rings is 3. The number of ether oxygens (including phenoxy) is 2. The van der Waals surface area contributed by atoms with Crippen molar-refractivity contribution in [3.8, 4) is 11.5 Å². The van der Waals surface area contributed by atoms with Crippen LogP contribution in [0.25, 0.3) is 0 Å². The Bertz CT molecular complexity index is 1230. The Morgan fingerprint density at radius 2 is 1.31 bits per heavy atom. The van der Waals surface area contributed by atoms with Gasteiger partial charge in [-0.2, -0.15) is 0 Å². The van der Waals surface area contributed by atoms with Crippen LogP contribution in [0, 0.1) is 0 Å². The smallest absolute Gasteiger partial charge is 0.259 e. The van der Waals surface area contributed by atoms with E-state index in [1.807, 2.05) is 24.3 Å². The maximum Gasteiger partial charge on any atom is 0.259 e. The van der Waals surface area contributed by atoms with Crippen molar-refractivity contribution in [2.75, 3.05) is 50.6 Å². The minimum atomic E-state index is -0.305. The number of nitrogens with one attached hydrogen (secondary N) is 1. The van der Waals surface area contributed by atoms with E-state index in [-0.39, 0.29) is 11.8 Å². The molecule has 0 saturated carbocycles. The number of rotatable bonds is 6. The minimum absolute atomic E-state index is 0.0986. The van der Waals surface area contributed by atoms with Crippen LogP contribution in [0.15, 0.2) is 60.7 Å². The first-order chi connectivity index (χ1) is 16.9. The number of carbonyl (C=O) groups is 2. The van der Waals surface area contributed by atoms with Crippen LogP contribution in [0.1, 0.15) is 20.7 Å². The fourth-order valence-corrected chi connectivity index (χ4v) is 4.34. The summed E-state index contributed by atoms with van der Waals surface area (Å²) in [7, 11) is 3.04. The molecule has 4 rings (SSSR count). The molecule has 1 heterocycles. The highest BCUT2D eigenvalue weighted by atomic mass is 35.5. The van der Waals surface area contributed by atoms with Crippen LogP contribution in [0.2, 0.25) is 10.0 Å². The lowest BCUT2D eigenvalue weighted by atomic mass is 10.1. The number of anilines is 2. The van der Waals surface area contributed by atoms with Crippen molar-refractivity contribution in [2.45, 2.75) is 0 Å². The molecule has 9 heteroatoms. The lowest BCUT2D eigenvalue weighted by Crippen LogP contribution is -2.48. The number of amides is 2. The third-order valence-corrected chi connectivity index (χ3v) is 6.33. The molecule has 3 aromatic rings. The maximum atomic E-state index is 13.0. The van der Waals surface area contributed by atoms with E-state index < -0.39 is 0 Å². The fraction of sp³-hybridized carbons (Fsp3) is 0.231. The van der Waals surface area contributed by atoms with Crippen molar-refractivity contribution in [2.24, 2.45) is 0 Å². The Kier molecular flexibility index (Phi) is 7.68. The van der Waals surface area contributed by atoms with Crippen molar-refractivity contribution < 1.29 is 19.1 Å². The van der Waals surface area contributed by atoms with Crippen LogP contribution in [-0.4, -0.2) is 57.1 Å². The molecule has 1 aliphatic rings. The molecular formula is C26H25Cl2N3O4. The highest BCUT2D eigenvalue weighted by Gasteiger charge is 2.25. The molecule has 7 nitrogen and oxygen atoms in total. The van der Waals surface area contributed by atoms with Crippen LogP contribution in [0.3, 0.4) is 0 Å². The number of methoxy groups -OCH3 is 2. The maximum absolute atomic E-state index is 13.0. The van der Waals surface area contributed by atoms with Gasteiger partial charge in [-0.15, -0.1) is 0 Å². The van der Waals surface area contributed by atoms with E-state index in [0.717, 1.165) is 5.69 Å². The zero-order chi connectivity index (χ0) is 24.9. The molecule has 1 N–H and O–H groups in total. The number of hydrogen-bond acceptors (Lipinski definition) is 5. The van der Waals surface area contributed by atoms with Gasteiger partial charge in [0, 0.05) is 47.6 Å². The highest BCUT2D eigenvalue weighted by Crippen LogP contribution is 2.27. The first-order valence-electron chi connectivity index (χ1n) is 11.0. The number of halogens is 2. The van der Waals surface area contributed by atoms with Crippen LogP contribution in [0.4, 0.5) is 11.4 Å². The van der Waals surface area contributed by atoms with Crippen LogP contribution >= 0.6 is 23.2 Å². The fourth-order valence-electron chi connectivity index (χ4n) is 4.00. The summed E-state index contributed by atoms with van der Waals surface area (Å²) >= 11 is 12.1. The zero-order valence-corrected chi connectivity index (χ0v) is 20.9. The number of carbonyl (C=O) groups excluding carboxylic acids is 2. The van der Waals surface area contributed by atoms with E-state index >= 15 is 0 Å². The normalized spacial score (nSPS) is 13.4. The van der Waals surface area contributed by atoms with E-state index in [2.05, 4.69) is 10.2 Å². The Labute approximate surface area is 214 Å². The molecule has 0 aliphatic carbocycles. The Morgan fingerprint density at radius 1 is 0.771 bits per heavy atom. The van der Waals surface area contributed by atoms with Crippen molar-refractivity contribution >= 4 is 46.4 Å². The number of hydrogen-bond donors (Lipinski definition) is 1. The largest absolute Gasteiger partial charge is 0.496 e. The number of nitrogens with zero attached hydrogens (tertiary/aromatic N) is 2. The van der Waals surface area contributed by atoms with Crippen LogP contribution < -0.4 is 19.7 Å². The summed E-state index contributed by atoms with van der Waals surface area (Å²) in [6.45, 7) is 2.50. The molecule has 1 fully saturated rings. The van der Waals surface area contributed by atoms with E-state index in [1.54, 1.807) is 41.3 Å². The second-order valence-electron chi connectivity index (χ2n) is 7.97. The van der Waals surface area contributed by atoms with Gasteiger partial charge in [-0.05, 0) is 60.7 Å². The van der Waals surface area contributed by atoms with Gasteiger partial charge >= 0.3 is 0 Å². The van der Waals surface area contributed by atoms with Crippen LogP contribution in [0.5, 0.6) is 11.5 Å². The quantitative estimate of drug-likeness (QED) is 0.488. The zero-order valence-electron chi connectivity index (χ0n) is 19.4. The second-order valence-corrected chi connectivity index (χ2v) is 8.84. The van der Waals surface area contributed by atoms with E-state index in [9.17, 15) is 9.59 Å². The lowest BCUT2D eigenvalue weighted by molar-refractivity contribution is 0.0743. The van der Waals surface area contributed by atoms with Gasteiger partial charge in [-0.25, -0.2) is 0 Å². The van der Waals surface area contributed by atoms with Crippen molar-refractivity contribution in [3.05, 3.63) is 81.8 Å². The third kappa shape index (κ3) is 5.63. The van der Waals surface area contributed by atoms with E-state index in [4.69, 9.17) is 32.7 Å². The number of piperazine rings is 1. The minimum Gasteiger partial charge on any atom is -0.496 e. The Morgan fingerprint density at radius 3 is 1.89 bits per heavy atom. The predicted octanol–water partition coefficient (Wildman–Crippen LogP) is 5.23. The van der Waals surface area contributed by atoms with Gasteiger partial charge in [0.1, 0.15) is 11.5 Å². The molecular weight excluding hydrogens is 489 g/mol. The Balaban J connectivity index is 1.37. The van der Waals surface area contributed by atoms with Gasteiger partial charge in [0.25, 0.3) is 11.8 Å². The summed E-state index contributed by atoms with van der Waals surface area (Å²) in [6.07, 6.45) is 0. The molecule has 3 aromatic carbocycles. The van der Waals surface area contributed by atoms with Gasteiger partial charge in [0.05, 0.1) is 25.3 Å². The molecule has 2 amide bonds. The van der Waals surface area contributed by atoms with Gasteiger partial charge < -0.3 is 24.6 Å². The molecule has 0 bridgehead atoms. The molecule has 0 spiro atoms. The van der Waals surface area contributed by atoms with E-state index in [0.29, 0.717) is 64.5 Å². The van der Waals surface area contributed by atoms with E-state index in [1.165, 1.54) is 14.2 Å². The first kappa shape index (κ1) is 24.7. The lowest BCUT2D eigenvalue weighted by Gasteiger charge is -2.36. The van der Waals surface area contributed by atoms with Gasteiger partial charge in [0.2, 0.25) is 0 Å². The SMILES string of the molecule is COc1ccc(Cl)cc1C(=O)Nc1ccc(N2CCN(C(=O)c3cc(Cl)ccc3OC)CC2)cc1. The highest BCUT2D eigenvalue weighted by molar-refractivity contribution is 6.31. The summed E-state index contributed by atoms with van der Waals surface area (Å²) in [6, 6.07) is 17.5. The summed E-state index contributed by atoms with van der Waals surface area (Å²) in [4.78, 5) is 29.7. The van der Waals surface area contributed by atoms with Crippen molar-refractivity contribution in [1.29, 1.82) is 0 Å². The summed E-state index contributed by atoms with van der Waals surface area (Å²) in [5.74, 6) is 0.556. The summed E-state index contributed by atoms with van der Waals surface area (Å²) < 4.78 is 10.6. The Hall–Kier alpha value is -3.42. The monoisotopic (exact) mass is 513 g/mol.